The molecule has 3 aliphatic rings. The van der Waals surface area contributed by atoms with Crippen LogP contribution in [0.4, 0.5) is 0 Å². The minimum Gasteiger partial charge on any atom is -0.425 e. The lowest BCUT2D eigenvalue weighted by molar-refractivity contribution is -0.117. The second-order valence-electron chi connectivity index (χ2n) is 19.2. The van der Waals surface area contributed by atoms with Gasteiger partial charge in [-0.2, -0.15) is 15.2 Å². The summed E-state index contributed by atoms with van der Waals surface area (Å²) in [5.74, 6) is 10.00. The van der Waals surface area contributed by atoms with Crippen LogP contribution >= 0.6 is 0 Å². The number of hydrogen-bond donors (Lipinski definition) is 3. The first kappa shape index (κ1) is 71.7. The summed E-state index contributed by atoms with van der Waals surface area (Å²) in [6, 6.07) is 1.96. The molecule has 5 aromatic heterocycles. The van der Waals surface area contributed by atoms with Gasteiger partial charge in [0.15, 0.2) is 5.82 Å². The summed E-state index contributed by atoms with van der Waals surface area (Å²) in [6.07, 6.45) is 4.94. The minimum absolute atomic E-state index is 0. The Morgan fingerprint density at radius 3 is 1.49 bits per heavy atom. The Morgan fingerprint density at radius 2 is 1.27 bits per heavy atom. The number of aromatic amines is 1. The predicted molar refractivity (Wildman–Crippen MR) is 299 cm³/mol. The number of hydrogen-bond acceptors (Lipinski definition) is 17. The Hall–Kier alpha value is -6.54. The van der Waals surface area contributed by atoms with Crippen LogP contribution < -0.4 is 10.6 Å². The Balaban J connectivity index is -0.000000775. The normalized spacial score (nSPS) is 12.9. The lowest BCUT2D eigenvalue weighted by Gasteiger charge is -2.03. The second kappa shape index (κ2) is 37.2. The molecule has 0 aromatic carbocycles. The maximum Gasteiger partial charge on any atom is 0.266 e. The topological polar surface area (TPSA) is 271 Å². The van der Waals surface area contributed by atoms with Crippen molar-refractivity contribution >= 4 is 29.6 Å². The summed E-state index contributed by atoms with van der Waals surface area (Å²) >= 11 is 0. The molecule has 3 aliphatic heterocycles. The van der Waals surface area contributed by atoms with Crippen molar-refractivity contribution in [1.82, 2.24) is 66.1 Å². The smallest absolute Gasteiger partial charge is 0.266 e. The van der Waals surface area contributed by atoms with E-state index >= 15 is 0 Å². The molecule has 0 aliphatic carbocycles. The maximum absolute atomic E-state index is 11.1. The number of aryl methyl sites for hydroxylation is 4. The fraction of sp³-hybridized carbons (Fsp3) is 0.660. The van der Waals surface area contributed by atoms with Crippen molar-refractivity contribution in [3.63, 3.8) is 0 Å². The monoisotopic (exact) mass is 1040 g/mol. The van der Waals surface area contributed by atoms with E-state index in [1.54, 1.807) is 17.9 Å². The molecule has 21 heteroatoms. The number of carbonyl (C=O) groups is 2. The number of aromatic nitrogens is 11. The van der Waals surface area contributed by atoms with E-state index in [4.69, 9.17) is 13.5 Å². The van der Waals surface area contributed by atoms with Crippen LogP contribution in [0.1, 0.15) is 216 Å². The zero-order chi connectivity index (χ0) is 54.0. The number of carbonyl (C=O) groups excluding carboxylic acids is 2. The molecular formula is C53H96N16O5. The van der Waals surface area contributed by atoms with Crippen LogP contribution in [0.15, 0.2) is 58.3 Å². The first-order chi connectivity index (χ1) is 33.3. The molecule has 8 heterocycles. The molecular weight excluding hydrogens is 941 g/mol. The van der Waals surface area contributed by atoms with E-state index in [-0.39, 0.29) is 40.0 Å². The van der Waals surface area contributed by atoms with E-state index in [9.17, 15) is 9.59 Å². The standard InChI is InChI=1S/C8H13NO.C7H11NO.C6H11N3.3C6H10N2O.C6H10N2.C5H9N3.3CH4/c1-5(2)7-6(3)4-9-8(7)10;1-5(2)7-4-6(3)8-9-7;1-5(2)6-7-4-8-9(6)3;1-4(2)5-6(9)8-3-7-5;1-4(2)6-8-7-5(3)9-6;1-4(2)6-7-5(3)8-9-6;1-5(2)6-7-3-4-8-6;1-4(2)5-6-3-7-8-5;;;/h5H,4H2,1-3H3,(H,9,10);2*4-5H,1-3H3;4H,3H2,1-2H3,(H,8,9);2*4H,1-3H3;3,5H,4H2,1-2H3;3-4H,1-2H3,(H,6,7,8);3*1H4. The van der Waals surface area contributed by atoms with Gasteiger partial charge in [-0.1, -0.05) is 143 Å². The number of nitrogens with zero attached hydrogens (tertiary/aromatic N) is 13. The van der Waals surface area contributed by atoms with Gasteiger partial charge < -0.3 is 24.1 Å². The molecule has 0 saturated carbocycles. The highest BCUT2D eigenvalue weighted by molar-refractivity contribution is 6.40. The number of H-pyrrole nitrogens is 1. The fourth-order valence-corrected chi connectivity index (χ4v) is 5.87. The molecule has 418 valence electrons. The van der Waals surface area contributed by atoms with Gasteiger partial charge in [0.2, 0.25) is 23.6 Å². The van der Waals surface area contributed by atoms with Gasteiger partial charge in [-0.25, -0.2) is 15.0 Å². The number of amidine groups is 1. The molecule has 5 aromatic rings. The van der Waals surface area contributed by atoms with Crippen LogP contribution in [-0.4, -0.2) is 105 Å². The first-order valence-corrected chi connectivity index (χ1v) is 24.4. The van der Waals surface area contributed by atoms with E-state index in [0.29, 0.717) is 77.3 Å². The van der Waals surface area contributed by atoms with Crippen molar-refractivity contribution in [1.29, 1.82) is 0 Å². The van der Waals surface area contributed by atoms with Crippen molar-refractivity contribution in [2.24, 2.45) is 39.8 Å². The molecule has 8 rings (SSSR count). The van der Waals surface area contributed by atoms with Gasteiger partial charge in [-0.15, -0.1) is 10.2 Å². The molecule has 21 nitrogen and oxygen atoms in total. The Bertz CT molecular complexity index is 2290. The molecule has 0 spiro atoms. The number of amides is 2. The van der Waals surface area contributed by atoms with Gasteiger partial charge in [0.1, 0.15) is 48.3 Å². The summed E-state index contributed by atoms with van der Waals surface area (Å²) in [7, 11) is 1.91. The summed E-state index contributed by atoms with van der Waals surface area (Å²) in [6.45, 7) is 42.3. The van der Waals surface area contributed by atoms with Gasteiger partial charge >= 0.3 is 0 Å². The lowest BCUT2D eigenvalue weighted by Crippen LogP contribution is -2.25. The Kier molecular flexibility index (Phi) is 36.1. The number of aliphatic imine (C=N–C) groups is 3. The summed E-state index contributed by atoms with van der Waals surface area (Å²) in [5, 5.41) is 30.8. The Labute approximate surface area is 443 Å². The summed E-state index contributed by atoms with van der Waals surface area (Å²) in [4.78, 5) is 46.0. The van der Waals surface area contributed by atoms with Crippen LogP contribution in [0.25, 0.3) is 0 Å². The average molecular weight is 1040 g/mol. The van der Waals surface area contributed by atoms with Crippen molar-refractivity contribution < 1.29 is 23.1 Å². The van der Waals surface area contributed by atoms with E-state index in [1.807, 2.05) is 95.5 Å². The van der Waals surface area contributed by atoms with E-state index < -0.39 is 0 Å². The van der Waals surface area contributed by atoms with Crippen LogP contribution in [0, 0.1) is 38.5 Å². The van der Waals surface area contributed by atoms with Crippen molar-refractivity contribution in [2.75, 3.05) is 19.8 Å². The van der Waals surface area contributed by atoms with E-state index in [1.165, 1.54) is 11.9 Å². The second-order valence-corrected chi connectivity index (χ2v) is 19.2. The van der Waals surface area contributed by atoms with Gasteiger partial charge in [-0.05, 0) is 32.3 Å². The van der Waals surface area contributed by atoms with Crippen molar-refractivity contribution in [3.05, 3.63) is 76.5 Å². The van der Waals surface area contributed by atoms with Crippen LogP contribution in [-0.2, 0) is 16.6 Å². The Morgan fingerprint density at radius 1 is 0.635 bits per heavy atom. The largest absolute Gasteiger partial charge is 0.425 e. The third-order valence-corrected chi connectivity index (χ3v) is 9.67. The van der Waals surface area contributed by atoms with Crippen molar-refractivity contribution in [3.8, 4) is 0 Å². The highest BCUT2D eigenvalue weighted by atomic mass is 16.5. The summed E-state index contributed by atoms with van der Waals surface area (Å²) in [5.41, 5.74) is 3.80. The molecule has 0 unspecified atom stereocenters. The minimum atomic E-state index is -0.00926. The van der Waals surface area contributed by atoms with Gasteiger partial charge in [0.25, 0.3) is 5.91 Å². The molecule has 0 saturated heterocycles. The van der Waals surface area contributed by atoms with E-state index in [0.717, 1.165) is 47.6 Å². The van der Waals surface area contributed by atoms with Crippen LogP contribution in [0.2, 0.25) is 0 Å². The van der Waals surface area contributed by atoms with Gasteiger partial charge in [0.05, 0.1) is 12.2 Å². The third kappa shape index (κ3) is 27.5. The maximum atomic E-state index is 11.1. The highest BCUT2D eigenvalue weighted by Crippen LogP contribution is 2.19. The average Bonchev–Trinajstić information content (AvgIpc) is 4.14. The zero-order valence-corrected chi connectivity index (χ0v) is 46.4. The molecule has 0 bridgehead atoms. The zero-order valence-electron chi connectivity index (χ0n) is 46.4. The first-order valence-electron chi connectivity index (χ1n) is 24.4. The summed E-state index contributed by atoms with van der Waals surface area (Å²) < 4.78 is 16.8. The van der Waals surface area contributed by atoms with E-state index in [2.05, 4.69) is 132 Å². The molecule has 0 radical (unpaired) electrons. The molecule has 74 heavy (non-hydrogen) atoms. The SMILES string of the molecule is C.C.C.CC(C)C1=NCC=N1.CC(C)C1=NCNC1=O.CC(C)c1ncn[nH]1.CC(C)c1ncnn1C.CC1=C(C(C)C)C(=O)NC1.Cc1cc(C(C)C)on1.Cc1nnc(C(C)C)o1.Cc1noc(C(C)C)n1. The third-order valence-electron chi connectivity index (χ3n) is 9.67. The molecule has 0 atom stereocenters. The van der Waals surface area contributed by atoms with Crippen molar-refractivity contribution in [2.45, 2.75) is 190 Å². The number of rotatable bonds is 8. The van der Waals surface area contributed by atoms with Gasteiger partial charge in [0, 0.05) is 79.8 Å². The van der Waals surface area contributed by atoms with Crippen LogP contribution in [0.3, 0.4) is 0 Å². The quantitative estimate of drug-likeness (QED) is 0.130. The van der Waals surface area contributed by atoms with Gasteiger partial charge in [-0.3, -0.25) is 29.4 Å². The molecule has 2 amide bonds. The van der Waals surface area contributed by atoms with Crippen LogP contribution in [0.5, 0.6) is 0 Å². The fourth-order valence-electron chi connectivity index (χ4n) is 5.87. The molecule has 3 N–H and O–H groups in total. The molecule has 0 fully saturated rings. The highest BCUT2D eigenvalue weighted by Gasteiger charge is 2.21. The number of nitrogens with one attached hydrogen (secondary N) is 3. The predicted octanol–water partition coefficient (Wildman–Crippen LogP) is 11.3. The lowest BCUT2D eigenvalue weighted by atomic mass is 10.0.